The van der Waals surface area contributed by atoms with Crippen molar-refractivity contribution in [3.63, 3.8) is 0 Å². The lowest BCUT2D eigenvalue weighted by atomic mass is 10.1. The van der Waals surface area contributed by atoms with Crippen molar-refractivity contribution in [1.82, 2.24) is 5.32 Å². The zero-order valence-corrected chi connectivity index (χ0v) is 11.8. The SMILES string of the molecule is O=C(F)NCCc1ccc(N(CC2CO2)CC2CO2)cc1. The first-order valence-corrected chi connectivity index (χ1v) is 7.21. The van der Waals surface area contributed by atoms with E-state index in [1.54, 1.807) is 0 Å². The van der Waals surface area contributed by atoms with Crippen LogP contribution in [0.5, 0.6) is 0 Å². The molecule has 0 bridgehead atoms. The van der Waals surface area contributed by atoms with E-state index < -0.39 is 6.16 Å². The predicted molar refractivity (Wildman–Crippen MR) is 76.3 cm³/mol. The molecule has 0 radical (unpaired) electrons. The standard InChI is InChI=1S/C15H19FN2O3/c16-15(19)17-6-5-11-1-3-12(4-2-11)18(7-13-9-20-13)8-14-10-21-14/h1-4,13-14H,5-10H2,(H,17,19). The summed E-state index contributed by atoms with van der Waals surface area (Å²) in [4.78, 5) is 12.5. The van der Waals surface area contributed by atoms with E-state index in [1.807, 2.05) is 12.1 Å². The minimum Gasteiger partial charge on any atom is -0.371 e. The molecule has 114 valence electrons. The molecule has 2 saturated heterocycles. The van der Waals surface area contributed by atoms with Gasteiger partial charge in [-0.15, -0.1) is 4.39 Å². The Kier molecular flexibility index (Phi) is 4.36. The average molecular weight is 294 g/mol. The van der Waals surface area contributed by atoms with Crippen LogP contribution in [-0.2, 0) is 15.9 Å². The van der Waals surface area contributed by atoms with Crippen LogP contribution in [0.2, 0.25) is 0 Å². The van der Waals surface area contributed by atoms with Crippen molar-refractivity contribution in [3.8, 4) is 0 Å². The molecule has 0 spiro atoms. The van der Waals surface area contributed by atoms with Crippen LogP contribution in [0.15, 0.2) is 24.3 Å². The van der Waals surface area contributed by atoms with Gasteiger partial charge >= 0.3 is 6.16 Å². The van der Waals surface area contributed by atoms with E-state index in [0.29, 0.717) is 25.2 Å². The Labute approximate surface area is 123 Å². The van der Waals surface area contributed by atoms with Crippen LogP contribution >= 0.6 is 0 Å². The van der Waals surface area contributed by atoms with Gasteiger partial charge in [0.05, 0.1) is 25.4 Å². The minimum absolute atomic E-state index is 0.310. The molecule has 1 amide bonds. The summed E-state index contributed by atoms with van der Waals surface area (Å²) < 4.78 is 22.7. The number of ether oxygens (including phenoxy) is 2. The Balaban J connectivity index is 1.56. The Bertz CT molecular complexity index is 472. The zero-order valence-electron chi connectivity index (χ0n) is 11.8. The van der Waals surface area contributed by atoms with Crippen LogP contribution in [0.3, 0.4) is 0 Å². The van der Waals surface area contributed by atoms with Crippen molar-refractivity contribution in [1.29, 1.82) is 0 Å². The molecular weight excluding hydrogens is 275 g/mol. The van der Waals surface area contributed by atoms with Gasteiger partial charge in [0.2, 0.25) is 0 Å². The van der Waals surface area contributed by atoms with Crippen molar-refractivity contribution in [2.75, 3.05) is 37.7 Å². The highest BCUT2D eigenvalue weighted by atomic mass is 19.1. The number of anilines is 1. The average Bonchev–Trinajstić information content (AvgIpc) is 3.34. The Morgan fingerprint density at radius 1 is 1.19 bits per heavy atom. The zero-order chi connectivity index (χ0) is 14.7. The highest BCUT2D eigenvalue weighted by molar-refractivity contribution is 5.65. The van der Waals surface area contributed by atoms with Crippen molar-refractivity contribution < 1.29 is 18.7 Å². The van der Waals surface area contributed by atoms with Crippen molar-refractivity contribution in [2.45, 2.75) is 18.6 Å². The van der Waals surface area contributed by atoms with Gasteiger partial charge in [0.25, 0.3) is 0 Å². The van der Waals surface area contributed by atoms with Crippen LogP contribution < -0.4 is 10.2 Å². The molecule has 2 atom stereocenters. The summed E-state index contributed by atoms with van der Waals surface area (Å²) in [7, 11) is 0. The molecule has 5 nitrogen and oxygen atoms in total. The quantitative estimate of drug-likeness (QED) is 0.448. The van der Waals surface area contributed by atoms with E-state index >= 15 is 0 Å². The summed E-state index contributed by atoms with van der Waals surface area (Å²) in [6, 6.07) is 8.12. The summed E-state index contributed by atoms with van der Waals surface area (Å²) in [5, 5.41) is 2.15. The number of rotatable bonds is 8. The normalized spacial score (nSPS) is 22.7. The lowest BCUT2D eigenvalue weighted by Gasteiger charge is -2.23. The molecule has 21 heavy (non-hydrogen) atoms. The Hall–Kier alpha value is -1.66. The predicted octanol–water partition coefficient (Wildman–Crippen LogP) is 1.51. The van der Waals surface area contributed by atoms with Crippen LogP contribution in [0, 0.1) is 0 Å². The molecule has 1 N–H and O–H groups in total. The number of epoxide rings is 2. The minimum atomic E-state index is -1.48. The largest absolute Gasteiger partial charge is 0.397 e. The third kappa shape index (κ3) is 4.68. The highest BCUT2D eigenvalue weighted by Crippen LogP contribution is 2.22. The molecule has 2 heterocycles. The number of amides is 1. The summed E-state index contributed by atoms with van der Waals surface area (Å²) in [6.45, 7) is 3.75. The molecule has 3 rings (SSSR count). The maximum absolute atomic E-state index is 12.0. The van der Waals surface area contributed by atoms with Gasteiger partial charge in [-0.05, 0) is 24.1 Å². The summed E-state index contributed by atoms with van der Waals surface area (Å²) in [5.41, 5.74) is 2.21. The number of benzene rings is 1. The van der Waals surface area contributed by atoms with E-state index in [4.69, 9.17) is 9.47 Å². The molecule has 2 aliphatic heterocycles. The lowest BCUT2D eigenvalue weighted by molar-refractivity contribution is 0.221. The molecule has 2 fully saturated rings. The van der Waals surface area contributed by atoms with Crippen LogP contribution in [-0.4, -0.2) is 51.2 Å². The van der Waals surface area contributed by atoms with Gasteiger partial charge in [-0.25, -0.2) is 4.79 Å². The number of halogens is 1. The number of hydrogen-bond acceptors (Lipinski definition) is 4. The second-order valence-corrected chi connectivity index (χ2v) is 5.43. The Morgan fingerprint density at radius 2 is 1.76 bits per heavy atom. The number of nitrogens with one attached hydrogen (secondary N) is 1. The maximum atomic E-state index is 12.0. The summed E-state index contributed by atoms with van der Waals surface area (Å²) in [6.07, 6.45) is -0.189. The molecule has 2 unspecified atom stereocenters. The number of carbonyl (C=O) groups is 1. The fourth-order valence-corrected chi connectivity index (χ4v) is 2.30. The number of nitrogens with zero attached hydrogens (tertiary/aromatic N) is 1. The summed E-state index contributed by atoms with van der Waals surface area (Å²) >= 11 is 0. The monoisotopic (exact) mass is 294 g/mol. The molecule has 6 heteroatoms. The fourth-order valence-electron chi connectivity index (χ4n) is 2.30. The fraction of sp³-hybridized carbons (Fsp3) is 0.533. The van der Waals surface area contributed by atoms with Crippen molar-refractivity contribution in [2.24, 2.45) is 0 Å². The van der Waals surface area contributed by atoms with E-state index in [-0.39, 0.29) is 0 Å². The molecule has 1 aromatic rings. The number of hydrogen-bond donors (Lipinski definition) is 1. The first kappa shape index (κ1) is 14.3. The molecular formula is C15H19FN2O3. The first-order valence-electron chi connectivity index (χ1n) is 7.21. The van der Waals surface area contributed by atoms with Gasteiger partial charge in [-0.2, -0.15) is 0 Å². The van der Waals surface area contributed by atoms with Crippen molar-refractivity contribution >= 4 is 11.8 Å². The van der Waals surface area contributed by atoms with E-state index in [9.17, 15) is 9.18 Å². The van der Waals surface area contributed by atoms with Gasteiger partial charge in [0.15, 0.2) is 0 Å². The maximum Gasteiger partial charge on any atom is 0.397 e. The molecule has 0 aliphatic carbocycles. The lowest BCUT2D eigenvalue weighted by Crippen LogP contribution is -2.31. The third-order valence-corrected chi connectivity index (χ3v) is 3.63. The second-order valence-electron chi connectivity index (χ2n) is 5.43. The van der Waals surface area contributed by atoms with Crippen LogP contribution in [0.25, 0.3) is 0 Å². The van der Waals surface area contributed by atoms with E-state index in [0.717, 1.165) is 37.6 Å². The second kappa shape index (κ2) is 6.41. The number of carbonyl (C=O) groups excluding carboxylic acids is 1. The molecule has 0 aromatic heterocycles. The first-order chi connectivity index (χ1) is 10.2. The van der Waals surface area contributed by atoms with Crippen LogP contribution in [0.1, 0.15) is 5.56 Å². The molecule has 2 aliphatic rings. The van der Waals surface area contributed by atoms with E-state index in [1.165, 1.54) is 0 Å². The van der Waals surface area contributed by atoms with Crippen molar-refractivity contribution in [3.05, 3.63) is 29.8 Å². The smallest absolute Gasteiger partial charge is 0.371 e. The van der Waals surface area contributed by atoms with Gasteiger partial charge in [0, 0.05) is 25.3 Å². The Morgan fingerprint density at radius 3 is 2.24 bits per heavy atom. The van der Waals surface area contributed by atoms with E-state index in [2.05, 4.69) is 22.3 Å². The summed E-state index contributed by atoms with van der Waals surface area (Å²) in [5.74, 6) is 0. The van der Waals surface area contributed by atoms with Gasteiger partial charge in [-0.3, -0.25) is 0 Å². The topological polar surface area (TPSA) is 57.4 Å². The molecule has 1 aromatic carbocycles. The highest BCUT2D eigenvalue weighted by Gasteiger charge is 2.30. The van der Waals surface area contributed by atoms with Gasteiger partial charge in [-0.1, -0.05) is 12.1 Å². The van der Waals surface area contributed by atoms with Crippen LogP contribution in [0.4, 0.5) is 14.9 Å². The molecule has 0 saturated carbocycles. The van der Waals surface area contributed by atoms with Gasteiger partial charge in [0.1, 0.15) is 0 Å². The van der Waals surface area contributed by atoms with Gasteiger partial charge < -0.3 is 19.7 Å². The third-order valence-electron chi connectivity index (χ3n) is 3.63.